The SMILES string of the molecule is CC(=O)O[C@]12C[C@H](C)[C@H](O)[C@@H]1[C@H]1O[C@]1(C)CC[C@H]1[C@@H](C=C(C)C2=O)C1(C)C. The van der Waals surface area contributed by atoms with Crippen LogP contribution in [0.2, 0.25) is 0 Å². The summed E-state index contributed by atoms with van der Waals surface area (Å²) in [5.74, 6) is -0.394. The second-order valence-corrected chi connectivity index (χ2v) is 10.2. The summed E-state index contributed by atoms with van der Waals surface area (Å²) in [6.07, 6.45) is 3.39. The molecule has 0 aromatic rings. The molecule has 1 aliphatic heterocycles. The van der Waals surface area contributed by atoms with Crippen LogP contribution in [0.15, 0.2) is 11.6 Å². The van der Waals surface area contributed by atoms with Gasteiger partial charge in [0.1, 0.15) is 0 Å². The van der Waals surface area contributed by atoms with Crippen LogP contribution in [0.3, 0.4) is 0 Å². The van der Waals surface area contributed by atoms with Gasteiger partial charge in [-0.3, -0.25) is 9.59 Å². The normalized spacial score (nSPS) is 50.5. The number of esters is 1. The minimum atomic E-state index is -1.33. The lowest BCUT2D eigenvalue weighted by Crippen LogP contribution is -2.51. The van der Waals surface area contributed by atoms with Crippen molar-refractivity contribution >= 4 is 11.8 Å². The maximum atomic E-state index is 13.6. The molecule has 0 spiro atoms. The summed E-state index contributed by atoms with van der Waals surface area (Å²) in [5, 5.41) is 10.9. The van der Waals surface area contributed by atoms with Crippen molar-refractivity contribution in [1.82, 2.24) is 0 Å². The minimum Gasteiger partial charge on any atom is -0.450 e. The van der Waals surface area contributed by atoms with Crippen molar-refractivity contribution in [2.45, 2.75) is 84.2 Å². The third kappa shape index (κ3) is 2.65. The maximum absolute atomic E-state index is 13.6. The van der Waals surface area contributed by atoms with Crippen LogP contribution in [0.4, 0.5) is 0 Å². The third-order valence-corrected chi connectivity index (χ3v) is 7.97. The quantitative estimate of drug-likeness (QED) is 0.562. The molecule has 0 bridgehead atoms. The Bertz CT molecular complexity index is 724. The van der Waals surface area contributed by atoms with Crippen LogP contribution in [-0.4, -0.2) is 40.3 Å². The Hall–Kier alpha value is -1.20. The number of aliphatic hydroxyl groups is 1. The zero-order chi connectivity index (χ0) is 19.9. The van der Waals surface area contributed by atoms with Crippen LogP contribution in [0, 0.1) is 29.1 Å². The fourth-order valence-electron chi connectivity index (χ4n) is 6.15. The van der Waals surface area contributed by atoms with E-state index in [2.05, 4.69) is 26.8 Å². The Morgan fingerprint density at radius 1 is 1.33 bits per heavy atom. The lowest BCUT2D eigenvalue weighted by atomic mass is 9.77. The molecule has 4 aliphatic rings. The van der Waals surface area contributed by atoms with E-state index < -0.39 is 23.6 Å². The number of carbonyl (C=O) groups is 2. The summed E-state index contributed by atoms with van der Waals surface area (Å²) in [7, 11) is 0. The van der Waals surface area contributed by atoms with Crippen molar-refractivity contribution in [3.63, 3.8) is 0 Å². The summed E-state index contributed by atoms with van der Waals surface area (Å²) in [5.41, 5.74) is -0.861. The smallest absolute Gasteiger partial charge is 0.303 e. The van der Waals surface area contributed by atoms with Crippen LogP contribution in [0.1, 0.15) is 60.8 Å². The van der Waals surface area contributed by atoms with Crippen molar-refractivity contribution in [2.75, 3.05) is 0 Å². The largest absolute Gasteiger partial charge is 0.450 e. The molecule has 27 heavy (non-hydrogen) atoms. The van der Waals surface area contributed by atoms with Crippen molar-refractivity contribution in [2.24, 2.45) is 29.1 Å². The molecular formula is C22H32O5. The minimum absolute atomic E-state index is 0.132. The Morgan fingerprint density at radius 2 is 2.00 bits per heavy atom. The van der Waals surface area contributed by atoms with Gasteiger partial charge in [0.15, 0.2) is 5.60 Å². The average molecular weight is 376 g/mol. The number of ketones is 1. The van der Waals surface area contributed by atoms with E-state index in [1.807, 2.05) is 13.8 Å². The number of fused-ring (bicyclic) bond motifs is 4. The van der Waals surface area contributed by atoms with Crippen LogP contribution in [0.5, 0.6) is 0 Å². The monoisotopic (exact) mass is 376 g/mol. The fraction of sp³-hybridized carbons (Fsp3) is 0.818. The van der Waals surface area contributed by atoms with Gasteiger partial charge >= 0.3 is 5.97 Å². The Morgan fingerprint density at radius 3 is 2.63 bits per heavy atom. The second-order valence-electron chi connectivity index (χ2n) is 10.2. The molecule has 2 saturated carbocycles. The van der Waals surface area contributed by atoms with Gasteiger partial charge in [-0.05, 0) is 55.4 Å². The first-order valence-corrected chi connectivity index (χ1v) is 10.2. The molecule has 150 valence electrons. The molecule has 0 amide bonds. The second kappa shape index (κ2) is 5.66. The van der Waals surface area contributed by atoms with Crippen LogP contribution in [0.25, 0.3) is 0 Å². The van der Waals surface area contributed by atoms with Crippen LogP contribution < -0.4 is 0 Å². The molecule has 5 heteroatoms. The molecule has 8 atom stereocenters. The van der Waals surface area contributed by atoms with Gasteiger partial charge in [0, 0.05) is 13.3 Å². The van der Waals surface area contributed by atoms with Gasteiger partial charge in [-0.1, -0.05) is 26.8 Å². The van der Waals surface area contributed by atoms with Crippen molar-refractivity contribution < 1.29 is 24.2 Å². The zero-order valence-corrected chi connectivity index (χ0v) is 17.2. The van der Waals surface area contributed by atoms with E-state index in [1.54, 1.807) is 0 Å². The van der Waals surface area contributed by atoms with Gasteiger partial charge in [-0.25, -0.2) is 0 Å². The summed E-state index contributed by atoms with van der Waals surface area (Å²) in [6.45, 7) is 11.7. The topological polar surface area (TPSA) is 76.1 Å². The summed E-state index contributed by atoms with van der Waals surface area (Å²) in [6, 6.07) is 0. The van der Waals surface area contributed by atoms with E-state index in [9.17, 15) is 14.7 Å². The highest BCUT2D eigenvalue weighted by atomic mass is 16.6. The van der Waals surface area contributed by atoms with E-state index in [4.69, 9.17) is 9.47 Å². The lowest BCUT2D eigenvalue weighted by Gasteiger charge is -2.34. The number of hydrogen-bond donors (Lipinski definition) is 1. The zero-order valence-electron chi connectivity index (χ0n) is 17.2. The molecular weight excluding hydrogens is 344 g/mol. The fourth-order valence-corrected chi connectivity index (χ4v) is 6.15. The molecule has 1 heterocycles. The first-order chi connectivity index (χ1) is 12.4. The number of epoxide rings is 1. The predicted molar refractivity (Wildman–Crippen MR) is 99.8 cm³/mol. The standard InChI is InChI=1S/C22H32O5/c1-11-9-15-14(20(15,4)5)7-8-21(6)19(27-21)16-17(24)12(2)10-22(16,18(11)25)26-13(3)23/h9,12,14-17,19,24H,7-8,10H2,1-6H3/t12-,14-,15+,16+,17-,19+,21+,22+/m0/s1. The summed E-state index contributed by atoms with van der Waals surface area (Å²) >= 11 is 0. The van der Waals surface area contributed by atoms with E-state index in [-0.39, 0.29) is 28.8 Å². The highest BCUT2D eigenvalue weighted by molar-refractivity contribution is 6.03. The van der Waals surface area contributed by atoms with Gasteiger partial charge in [0.25, 0.3) is 0 Å². The number of rotatable bonds is 1. The molecule has 1 N–H and O–H groups in total. The number of allylic oxidation sites excluding steroid dienone is 1. The van der Waals surface area contributed by atoms with Gasteiger partial charge in [0.2, 0.25) is 5.78 Å². The molecule has 3 fully saturated rings. The average Bonchev–Trinajstić information content (AvgIpc) is 3.32. The highest BCUT2D eigenvalue weighted by Crippen LogP contribution is 2.64. The molecule has 0 aromatic heterocycles. The molecule has 0 aromatic carbocycles. The van der Waals surface area contributed by atoms with Crippen molar-refractivity contribution in [3.8, 4) is 0 Å². The Kier molecular flexibility index (Phi) is 4.01. The maximum Gasteiger partial charge on any atom is 0.303 e. The first kappa shape index (κ1) is 19.1. The lowest BCUT2D eigenvalue weighted by molar-refractivity contribution is -0.171. The number of ether oxygens (including phenoxy) is 2. The molecule has 1 saturated heterocycles. The van der Waals surface area contributed by atoms with Gasteiger partial charge in [-0.15, -0.1) is 0 Å². The van der Waals surface area contributed by atoms with Crippen molar-refractivity contribution in [3.05, 3.63) is 11.6 Å². The van der Waals surface area contributed by atoms with E-state index in [0.717, 1.165) is 12.8 Å². The molecule has 5 nitrogen and oxygen atoms in total. The van der Waals surface area contributed by atoms with Gasteiger partial charge < -0.3 is 14.6 Å². The van der Waals surface area contributed by atoms with Crippen LogP contribution in [-0.2, 0) is 19.1 Å². The molecule has 0 unspecified atom stereocenters. The van der Waals surface area contributed by atoms with E-state index in [0.29, 0.717) is 23.8 Å². The Balaban J connectivity index is 1.82. The highest BCUT2D eigenvalue weighted by Gasteiger charge is 2.71. The Labute approximate surface area is 161 Å². The molecule has 0 radical (unpaired) electrons. The van der Waals surface area contributed by atoms with E-state index >= 15 is 0 Å². The summed E-state index contributed by atoms with van der Waals surface area (Å²) in [4.78, 5) is 25.6. The van der Waals surface area contributed by atoms with Crippen molar-refractivity contribution in [1.29, 1.82) is 0 Å². The predicted octanol–water partition coefficient (Wildman–Crippen LogP) is 3.04. The van der Waals surface area contributed by atoms with Gasteiger partial charge in [-0.2, -0.15) is 0 Å². The third-order valence-electron chi connectivity index (χ3n) is 7.97. The van der Waals surface area contributed by atoms with E-state index in [1.165, 1.54) is 6.92 Å². The number of carbonyl (C=O) groups excluding carboxylic acids is 2. The van der Waals surface area contributed by atoms with Crippen LogP contribution >= 0.6 is 0 Å². The molecule has 4 rings (SSSR count). The number of Topliss-reactive ketones (excluding diaryl/α,β-unsaturated/α-hetero) is 1. The first-order valence-electron chi connectivity index (χ1n) is 10.2. The number of hydrogen-bond acceptors (Lipinski definition) is 5. The number of aliphatic hydroxyl groups excluding tert-OH is 1. The summed E-state index contributed by atoms with van der Waals surface area (Å²) < 4.78 is 11.9. The van der Waals surface area contributed by atoms with Gasteiger partial charge in [0.05, 0.1) is 23.7 Å². The molecule has 3 aliphatic carbocycles.